The fourth-order valence-corrected chi connectivity index (χ4v) is 3.23. The fourth-order valence-electron chi connectivity index (χ4n) is 1.66. The van der Waals surface area contributed by atoms with E-state index >= 15 is 0 Å². The lowest BCUT2D eigenvalue weighted by Gasteiger charge is -2.33. The van der Waals surface area contributed by atoms with Crippen molar-refractivity contribution in [1.82, 2.24) is 8.61 Å². The summed E-state index contributed by atoms with van der Waals surface area (Å²) < 4.78 is 27.2. The van der Waals surface area contributed by atoms with Crippen LogP contribution in [0.25, 0.3) is 0 Å². The molecule has 0 amide bonds. The van der Waals surface area contributed by atoms with E-state index in [1.54, 1.807) is 11.4 Å². The Morgan fingerprint density at radius 2 is 1.73 bits per heavy atom. The minimum Gasteiger partial charge on any atom is -0.195 e. The van der Waals surface area contributed by atoms with Gasteiger partial charge in [-0.15, -0.1) is 0 Å². The quantitative estimate of drug-likeness (QED) is 0.738. The lowest BCUT2D eigenvalue weighted by molar-refractivity contribution is 0.263. The van der Waals surface area contributed by atoms with Gasteiger partial charge < -0.3 is 0 Å². The standard InChI is InChI=1S/C10H22N2O2S/c1-9(2)11(4)15(13,14)12-7-5-10(3)6-8-12/h9-10H,5-8H2,1-4H3. The lowest BCUT2D eigenvalue weighted by atomic mass is 10.0. The second kappa shape index (κ2) is 4.80. The first-order chi connectivity index (χ1) is 6.85. The first-order valence-corrected chi connectivity index (χ1v) is 6.98. The molecule has 0 unspecified atom stereocenters. The molecular formula is C10H22N2O2S. The topological polar surface area (TPSA) is 40.6 Å². The maximum atomic E-state index is 12.1. The van der Waals surface area contributed by atoms with Gasteiger partial charge >= 0.3 is 0 Å². The van der Waals surface area contributed by atoms with Crippen LogP contribution in [0.3, 0.4) is 0 Å². The van der Waals surface area contributed by atoms with Gasteiger partial charge in [-0.1, -0.05) is 6.92 Å². The molecule has 1 saturated heterocycles. The van der Waals surface area contributed by atoms with Gasteiger partial charge in [-0.05, 0) is 32.6 Å². The number of piperidine rings is 1. The van der Waals surface area contributed by atoms with Crippen molar-refractivity contribution in [3.63, 3.8) is 0 Å². The number of rotatable bonds is 3. The molecule has 90 valence electrons. The minimum atomic E-state index is -3.22. The van der Waals surface area contributed by atoms with Crippen LogP contribution >= 0.6 is 0 Å². The van der Waals surface area contributed by atoms with Gasteiger partial charge in [0.05, 0.1) is 0 Å². The third-order valence-electron chi connectivity index (χ3n) is 3.16. The summed E-state index contributed by atoms with van der Waals surface area (Å²) in [7, 11) is -1.57. The predicted octanol–water partition coefficient (Wildman–Crippen LogP) is 1.30. The summed E-state index contributed by atoms with van der Waals surface area (Å²) in [5.74, 6) is 0.654. The van der Waals surface area contributed by atoms with E-state index in [0.717, 1.165) is 12.8 Å². The molecule has 0 radical (unpaired) electrons. The van der Waals surface area contributed by atoms with Crippen molar-refractivity contribution in [2.45, 2.75) is 39.7 Å². The van der Waals surface area contributed by atoms with Crippen LogP contribution < -0.4 is 0 Å². The zero-order chi connectivity index (χ0) is 11.6. The summed E-state index contributed by atoms with van der Waals surface area (Å²) in [4.78, 5) is 0. The highest BCUT2D eigenvalue weighted by atomic mass is 32.2. The van der Waals surface area contributed by atoms with Gasteiger partial charge in [0, 0.05) is 26.2 Å². The summed E-state index contributed by atoms with van der Waals surface area (Å²) in [6.07, 6.45) is 1.95. The Morgan fingerprint density at radius 1 is 1.27 bits per heavy atom. The third kappa shape index (κ3) is 2.92. The Morgan fingerprint density at radius 3 is 2.13 bits per heavy atom. The molecule has 0 aliphatic carbocycles. The largest absolute Gasteiger partial charge is 0.281 e. The third-order valence-corrected chi connectivity index (χ3v) is 5.33. The molecule has 0 aromatic carbocycles. The maximum Gasteiger partial charge on any atom is 0.281 e. The van der Waals surface area contributed by atoms with Crippen molar-refractivity contribution in [1.29, 1.82) is 0 Å². The smallest absolute Gasteiger partial charge is 0.195 e. The average Bonchev–Trinajstić information content (AvgIpc) is 2.17. The SMILES string of the molecule is CC1CCN(S(=O)(=O)N(C)C(C)C)CC1. The highest BCUT2D eigenvalue weighted by Gasteiger charge is 2.30. The van der Waals surface area contributed by atoms with E-state index in [1.807, 2.05) is 13.8 Å². The van der Waals surface area contributed by atoms with E-state index < -0.39 is 10.2 Å². The highest BCUT2D eigenvalue weighted by Crippen LogP contribution is 2.20. The van der Waals surface area contributed by atoms with Crippen molar-refractivity contribution < 1.29 is 8.42 Å². The molecule has 1 aliphatic heterocycles. The summed E-state index contributed by atoms with van der Waals surface area (Å²) in [5, 5.41) is 0. The van der Waals surface area contributed by atoms with Crippen LogP contribution in [0, 0.1) is 5.92 Å². The van der Waals surface area contributed by atoms with E-state index in [2.05, 4.69) is 6.92 Å². The molecule has 0 atom stereocenters. The van der Waals surface area contributed by atoms with Crippen LogP contribution in [0.1, 0.15) is 33.6 Å². The van der Waals surface area contributed by atoms with Crippen LogP contribution in [-0.4, -0.2) is 43.2 Å². The molecule has 0 aromatic heterocycles. The summed E-state index contributed by atoms with van der Waals surface area (Å²) in [6, 6.07) is 0.0225. The summed E-state index contributed by atoms with van der Waals surface area (Å²) in [5.41, 5.74) is 0. The highest BCUT2D eigenvalue weighted by molar-refractivity contribution is 7.86. The summed E-state index contributed by atoms with van der Waals surface area (Å²) >= 11 is 0. The van der Waals surface area contributed by atoms with Crippen molar-refractivity contribution in [2.24, 2.45) is 5.92 Å². The van der Waals surface area contributed by atoms with Crippen molar-refractivity contribution in [3.8, 4) is 0 Å². The fraction of sp³-hybridized carbons (Fsp3) is 1.00. The second-order valence-electron chi connectivity index (χ2n) is 4.70. The molecule has 5 heteroatoms. The molecule has 0 aromatic rings. The molecule has 0 bridgehead atoms. The number of hydrogen-bond donors (Lipinski definition) is 0. The van der Waals surface area contributed by atoms with Gasteiger partial charge in [0.1, 0.15) is 0 Å². The van der Waals surface area contributed by atoms with E-state index in [0.29, 0.717) is 19.0 Å². The van der Waals surface area contributed by atoms with Crippen LogP contribution in [0.2, 0.25) is 0 Å². The molecule has 0 spiro atoms. The Bertz CT molecular complexity index is 293. The van der Waals surface area contributed by atoms with Crippen LogP contribution in [-0.2, 0) is 10.2 Å². The molecule has 15 heavy (non-hydrogen) atoms. The number of hydrogen-bond acceptors (Lipinski definition) is 2. The minimum absolute atomic E-state index is 0.0225. The Labute approximate surface area is 93.4 Å². The molecule has 0 N–H and O–H groups in total. The molecule has 0 saturated carbocycles. The predicted molar refractivity (Wildman–Crippen MR) is 61.8 cm³/mol. The van der Waals surface area contributed by atoms with E-state index in [4.69, 9.17) is 0 Å². The van der Waals surface area contributed by atoms with Gasteiger partial charge in [0.15, 0.2) is 0 Å². The first kappa shape index (κ1) is 12.9. The van der Waals surface area contributed by atoms with E-state index in [1.165, 1.54) is 4.31 Å². The Hall–Kier alpha value is -0.130. The molecule has 1 aliphatic rings. The Kier molecular flexibility index (Phi) is 4.14. The van der Waals surface area contributed by atoms with Gasteiger partial charge in [-0.2, -0.15) is 17.0 Å². The van der Waals surface area contributed by atoms with Gasteiger partial charge in [-0.3, -0.25) is 0 Å². The molecule has 1 rings (SSSR count). The van der Waals surface area contributed by atoms with Crippen molar-refractivity contribution >= 4 is 10.2 Å². The average molecular weight is 234 g/mol. The summed E-state index contributed by atoms with van der Waals surface area (Å²) in [6.45, 7) is 7.30. The molecular weight excluding hydrogens is 212 g/mol. The van der Waals surface area contributed by atoms with Crippen molar-refractivity contribution in [3.05, 3.63) is 0 Å². The monoisotopic (exact) mass is 234 g/mol. The van der Waals surface area contributed by atoms with E-state index in [9.17, 15) is 8.42 Å². The van der Waals surface area contributed by atoms with Gasteiger partial charge in [0.2, 0.25) is 0 Å². The van der Waals surface area contributed by atoms with Gasteiger partial charge in [-0.25, -0.2) is 0 Å². The van der Waals surface area contributed by atoms with Crippen molar-refractivity contribution in [2.75, 3.05) is 20.1 Å². The first-order valence-electron chi connectivity index (χ1n) is 5.58. The second-order valence-corrected chi connectivity index (χ2v) is 6.69. The maximum absolute atomic E-state index is 12.1. The number of nitrogens with zero attached hydrogens (tertiary/aromatic N) is 2. The van der Waals surface area contributed by atoms with Gasteiger partial charge in [0.25, 0.3) is 10.2 Å². The zero-order valence-corrected chi connectivity index (χ0v) is 10.9. The normalized spacial score (nSPS) is 21.5. The molecule has 4 nitrogen and oxygen atoms in total. The van der Waals surface area contributed by atoms with E-state index in [-0.39, 0.29) is 6.04 Å². The van der Waals surface area contributed by atoms with Crippen LogP contribution in [0.5, 0.6) is 0 Å². The zero-order valence-electron chi connectivity index (χ0n) is 10.1. The van der Waals surface area contributed by atoms with Crippen LogP contribution in [0.15, 0.2) is 0 Å². The van der Waals surface area contributed by atoms with Crippen LogP contribution in [0.4, 0.5) is 0 Å². The molecule has 1 heterocycles. The molecule has 1 fully saturated rings. The lowest BCUT2D eigenvalue weighted by Crippen LogP contribution is -2.47. The Balaban J connectivity index is 2.70.